The van der Waals surface area contributed by atoms with Crippen molar-refractivity contribution in [3.05, 3.63) is 52.5 Å². The van der Waals surface area contributed by atoms with Gasteiger partial charge in [0.2, 0.25) is 0 Å². The maximum absolute atomic E-state index is 13.9. The van der Waals surface area contributed by atoms with Crippen molar-refractivity contribution in [3.63, 3.8) is 0 Å². The van der Waals surface area contributed by atoms with Crippen LogP contribution in [0.2, 0.25) is 0 Å². The van der Waals surface area contributed by atoms with Crippen molar-refractivity contribution < 1.29 is 8.78 Å². The molecule has 21 heavy (non-hydrogen) atoms. The summed E-state index contributed by atoms with van der Waals surface area (Å²) in [5.74, 6) is -1.72. The molecule has 8 heteroatoms. The van der Waals surface area contributed by atoms with Crippen molar-refractivity contribution >= 4 is 21.6 Å². The second-order valence-corrected chi connectivity index (χ2v) is 5.08. The van der Waals surface area contributed by atoms with Gasteiger partial charge in [0.25, 0.3) is 0 Å². The summed E-state index contributed by atoms with van der Waals surface area (Å²) in [6.07, 6.45) is 0. The van der Waals surface area contributed by atoms with E-state index in [0.717, 1.165) is 15.2 Å². The molecule has 0 saturated heterocycles. The summed E-state index contributed by atoms with van der Waals surface area (Å²) >= 11 is 3.28. The quantitative estimate of drug-likeness (QED) is 0.720. The van der Waals surface area contributed by atoms with Crippen LogP contribution in [0.1, 0.15) is 0 Å². The topological polar surface area (TPSA) is 69.6 Å². The van der Waals surface area contributed by atoms with Gasteiger partial charge in [0.05, 0.1) is 0 Å². The fourth-order valence-electron chi connectivity index (χ4n) is 1.87. The number of hydrogen-bond donors (Lipinski definition) is 1. The van der Waals surface area contributed by atoms with Gasteiger partial charge in [-0.05, 0) is 56.7 Å². The number of aromatic nitrogens is 4. The van der Waals surface area contributed by atoms with E-state index in [2.05, 4.69) is 31.5 Å². The molecule has 3 aromatic rings. The fourth-order valence-corrected chi connectivity index (χ4v) is 2.11. The van der Waals surface area contributed by atoms with E-state index in [-0.39, 0.29) is 11.5 Å². The molecular weight excluding hydrogens is 344 g/mol. The van der Waals surface area contributed by atoms with Crippen LogP contribution in [0.15, 0.2) is 40.9 Å². The van der Waals surface area contributed by atoms with Crippen LogP contribution in [0.5, 0.6) is 0 Å². The van der Waals surface area contributed by atoms with Gasteiger partial charge >= 0.3 is 0 Å². The predicted octanol–water partition coefficient (Wildman–Crippen LogP) is 2.95. The molecule has 0 atom stereocenters. The minimum Gasteiger partial charge on any atom is -0.398 e. The van der Waals surface area contributed by atoms with Gasteiger partial charge in [-0.15, -0.1) is 5.10 Å². The lowest BCUT2D eigenvalue weighted by Crippen LogP contribution is -2.04. The van der Waals surface area contributed by atoms with Gasteiger partial charge in [-0.3, -0.25) is 0 Å². The Balaban J connectivity index is 2.17. The number of nitrogens with two attached hydrogens (primary N) is 1. The maximum atomic E-state index is 13.9. The number of benzene rings is 2. The molecule has 0 aliphatic carbocycles. The van der Waals surface area contributed by atoms with E-state index in [9.17, 15) is 8.78 Å². The minimum atomic E-state index is -1.02. The lowest BCUT2D eigenvalue weighted by atomic mass is 10.2. The van der Waals surface area contributed by atoms with Crippen molar-refractivity contribution in [2.75, 3.05) is 5.73 Å². The molecule has 1 aromatic heterocycles. The van der Waals surface area contributed by atoms with E-state index >= 15 is 0 Å². The number of nitrogen functional groups attached to an aromatic ring is 1. The number of hydrogen-bond acceptors (Lipinski definition) is 4. The average Bonchev–Trinajstić information content (AvgIpc) is 2.94. The highest BCUT2D eigenvalue weighted by atomic mass is 79.9. The molecule has 0 fully saturated rings. The molecule has 106 valence electrons. The molecule has 1 heterocycles. The largest absolute Gasteiger partial charge is 0.398 e. The van der Waals surface area contributed by atoms with Crippen molar-refractivity contribution in [1.82, 2.24) is 20.2 Å². The Kier molecular flexibility index (Phi) is 3.38. The Labute approximate surface area is 126 Å². The third kappa shape index (κ3) is 2.38. The Hall–Kier alpha value is -2.35. The summed E-state index contributed by atoms with van der Waals surface area (Å²) < 4.78 is 29.1. The monoisotopic (exact) mass is 351 g/mol. The van der Waals surface area contributed by atoms with E-state index in [1.165, 1.54) is 12.1 Å². The Morgan fingerprint density at radius 2 is 1.95 bits per heavy atom. The number of rotatable bonds is 2. The Bertz CT molecular complexity index is 818. The van der Waals surface area contributed by atoms with Crippen LogP contribution in [0.4, 0.5) is 14.5 Å². The molecule has 3 rings (SSSR count). The second-order valence-electron chi connectivity index (χ2n) is 4.22. The molecule has 0 spiro atoms. The average molecular weight is 352 g/mol. The standard InChI is InChI=1S/C13H8BrF2N5/c14-8-5-4-7(6-10(8)17)13-18-19-20-21(13)11-3-1-2-9(15)12(11)16/h1-6H,17H2. The van der Waals surface area contributed by atoms with E-state index < -0.39 is 11.6 Å². The summed E-state index contributed by atoms with van der Waals surface area (Å²) in [7, 11) is 0. The zero-order valence-electron chi connectivity index (χ0n) is 10.5. The van der Waals surface area contributed by atoms with Crippen molar-refractivity contribution in [2.24, 2.45) is 0 Å². The first kappa shape index (κ1) is 13.6. The molecule has 0 saturated carbocycles. The van der Waals surface area contributed by atoms with Gasteiger partial charge in [-0.1, -0.05) is 6.07 Å². The first-order chi connectivity index (χ1) is 10.1. The first-order valence-corrected chi connectivity index (χ1v) is 6.65. The van der Waals surface area contributed by atoms with Gasteiger partial charge in [0, 0.05) is 15.7 Å². The highest BCUT2D eigenvalue weighted by Gasteiger charge is 2.16. The van der Waals surface area contributed by atoms with Crippen molar-refractivity contribution in [3.8, 4) is 17.1 Å². The molecule has 0 amide bonds. The molecule has 5 nitrogen and oxygen atoms in total. The summed E-state index contributed by atoms with van der Waals surface area (Å²) in [6, 6.07) is 8.89. The van der Waals surface area contributed by atoms with Crippen LogP contribution in [0.25, 0.3) is 17.1 Å². The number of tetrazole rings is 1. The van der Waals surface area contributed by atoms with Crippen LogP contribution in [0.3, 0.4) is 0 Å². The molecule has 0 aliphatic heterocycles. The third-order valence-corrected chi connectivity index (χ3v) is 3.61. The SMILES string of the molecule is Nc1cc(-c2nnnn2-c2cccc(F)c2F)ccc1Br. The Morgan fingerprint density at radius 3 is 2.71 bits per heavy atom. The van der Waals surface area contributed by atoms with Crippen LogP contribution in [-0.4, -0.2) is 20.2 Å². The molecule has 2 N–H and O–H groups in total. The van der Waals surface area contributed by atoms with Gasteiger partial charge in [0.1, 0.15) is 5.69 Å². The van der Waals surface area contributed by atoms with Crippen LogP contribution >= 0.6 is 15.9 Å². The summed E-state index contributed by atoms with van der Waals surface area (Å²) in [5, 5.41) is 11.1. The number of halogens is 3. The smallest absolute Gasteiger partial charge is 0.187 e. The number of anilines is 1. The van der Waals surface area contributed by atoms with Gasteiger partial charge in [-0.2, -0.15) is 4.68 Å². The van der Waals surface area contributed by atoms with Crippen LogP contribution in [-0.2, 0) is 0 Å². The maximum Gasteiger partial charge on any atom is 0.187 e. The van der Waals surface area contributed by atoms with Gasteiger partial charge < -0.3 is 5.73 Å². The van der Waals surface area contributed by atoms with Gasteiger partial charge in [-0.25, -0.2) is 8.78 Å². The zero-order chi connectivity index (χ0) is 15.0. The molecule has 2 aromatic carbocycles. The highest BCUT2D eigenvalue weighted by molar-refractivity contribution is 9.10. The second kappa shape index (κ2) is 5.21. The van der Waals surface area contributed by atoms with Crippen molar-refractivity contribution in [1.29, 1.82) is 0 Å². The number of nitrogens with zero attached hydrogens (tertiary/aromatic N) is 4. The lowest BCUT2D eigenvalue weighted by Gasteiger charge is -2.07. The van der Waals surface area contributed by atoms with Crippen LogP contribution < -0.4 is 5.73 Å². The lowest BCUT2D eigenvalue weighted by molar-refractivity contribution is 0.501. The van der Waals surface area contributed by atoms with E-state index in [1.807, 2.05) is 0 Å². The van der Waals surface area contributed by atoms with E-state index in [4.69, 9.17) is 5.73 Å². The molecule has 0 aliphatic rings. The molecule has 0 radical (unpaired) electrons. The Morgan fingerprint density at radius 1 is 1.14 bits per heavy atom. The third-order valence-electron chi connectivity index (χ3n) is 2.88. The van der Waals surface area contributed by atoms with Crippen LogP contribution in [0, 0.1) is 11.6 Å². The van der Waals surface area contributed by atoms with Gasteiger partial charge in [0.15, 0.2) is 17.5 Å². The summed E-state index contributed by atoms with van der Waals surface area (Å²) in [4.78, 5) is 0. The summed E-state index contributed by atoms with van der Waals surface area (Å²) in [6.45, 7) is 0. The highest BCUT2D eigenvalue weighted by Crippen LogP contribution is 2.27. The molecular formula is C13H8BrF2N5. The molecule has 0 bridgehead atoms. The predicted molar refractivity (Wildman–Crippen MR) is 76.6 cm³/mol. The fraction of sp³-hybridized carbons (Fsp3) is 0. The normalized spacial score (nSPS) is 10.8. The first-order valence-electron chi connectivity index (χ1n) is 5.86. The van der Waals surface area contributed by atoms with E-state index in [1.54, 1.807) is 18.2 Å². The zero-order valence-corrected chi connectivity index (χ0v) is 12.1. The molecule has 0 unspecified atom stereocenters. The minimum absolute atomic E-state index is 0.0727. The van der Waals surface area contributed by atoms with Crippen molar-refractivity contribution in [2.45, 2.75) is 0 Å². The summed E-state index contributed by atoms with van der Waals surface area (Å²) in [5.41, 5.74) is 6.81. The van der Waals surface area contributed by atoms with E-state index in [0.29, 0.717) is 11.3 Å².